The summed E-state index contributed by atoms with van der Waals surface area (Å²) >= 11 is 0. The first-order chi connectivity index (χ1) is 8.66. The number of aliphatic hydroxyl groups is 1. The molecule has 0 bridgehead atoms. The van der Waals surface area contributed by atoms with Crippen LogP contribution >= 0.6 is 0 Å². The van der Waals surface area contributed by atoms with Crippen molar-refractivity contribution < 1.29 is 9.90 Å². The molecule has 2 heterocycles. The Kier molecular flexibility index (Phi) is 2.76. The van der Waals surface area contributed by atoms with Gasteiger partial charge in [0.15, 0.2) is 0 Å². The summed E-state index contributed by atoms with van der Waals surface area (Å²) in [4.78, 5) is 21.5. The van der Waals surface area contributed by atoms with Crippen LogP contribution in [0.15, 0.2) is 18.5 Å². The van der Waals surface area contributed by atoms with Gasteiger partial charge in [0.05, 0.1) is 12.1 Å². The first-order valence-corrected chi connectivity index (χ1v) is 6.17. The predicted molar refractivity (Wildman–Crippen MR) is 64.8 cm³/mol. The minimum atomic E-state index is -0.538. The molecule has 1 aliphatic heterocycles. The van der Waals surface area contributed by atoms with E-state index in [0.717, 1.165) is 12.8 Å². The van der Waals surface area contributed by atoms with Gasteiger partial charge in [-0.15, -0.1) is 0 Å². The molecule has 1 aromatic rings. The van der Waals surface area contributed by atoms with E-state index in [9.17, 15) is 9.90 Å². The standard InChI is InChI=1S/C12H16N4O2/c17-10(15-11-13-4-1-5-14-11)6-16-7-12(18,8-16)9-2-3-9/h1,4-5,9,18H,2-3,6-8H2,(H,13,14,15,17). The highest BCUT2D eigenvalue weighted by Gasteiger charge is 2.51. The summed E-state index contributed by atoms with van der Waals surface area (Å²) in [6.07, 6.45) is 5.40. The van der Waals surface area contributed by atoms with Crippen LogP contribution < -0.4 is 5.32 Å². The summed E-state index contributed by atoms with van der Waals surface area (Å²) in [7, 11) is 0. The van der Waals surface area contributed by atoms with Crippen molar-refractivity contribution in [3.8, 4) is 0 Å². The molecule has 1 amide bonds. The Bertz CT molecular complexity index is 441. The second-order valence-corrected chi connectivity index (χ2v) is 5.14. The summed E-state index contributed by atoms with van der Waals surface area (Å²) in [5, 5.41) is 12.8. The Hall–Kier alpha value is -1.53. The molecule has 2 aliphatic rings. The molecular formula is C12H16N4O2. The van der Waals surface area contributed by atoms with Gasteiger partial charge < -0.3 is 5.11 Å². The third kappa shape index (κ3) is 2.34. The van der Waals surface area contributed by atoms with Crippen LogP contribution in [0.3, 0.4) is 0 Å². The third-order valence-corrected chi connectivity index (χ3v) is 3.52. The lowest BCUT2D eigenvalue weighted by atomic mass is 9.89. The lowest BCUT2D eigenvalue weighted by Crippen LogP contribution is -2.64. The van der Waals surface area contributed by atoms with Crippen LogP contribution in [-0.4, -0.2) is 51.1 Å². The van der Waals surface area contributed by atoms with Gasteiger partial charge >= 0.3 is 0 Å². The van der Waals surface area contributed by atoms with Crippen molar-refractivity contribution in [2.75, 3.05) is 25.0 Å². The molecule has 1 aliphatic carbocycles. The molecule has 2 N–H and O–H groups in total. The van der Waals surface area contributed by atoms with Gasteiger partial charge in [0.2, 0.25) is 11.9 Å². The number of hydrogen-bond donors (Lipinski definition) is 2. The third-order valence-electron chi connectivity index (χ3n) is 3.52. The molecule has 1 saturated carbocycles. The van der Waals surface area contributed by atoms with Crippen LogP contribution in [0.1, 0.15) is 12.8 Å². The zero-order chi connectivity index (χ0) is 12.6. The van der Waals surface area contributed by atoms with Gasteiger partial charge in [0, 0.05) is 25.5 Å². The van der Waals surface area contributed by atoms with Crippen molar-refractivity contribution in [3.63, 3.8) is 0 Å². The molecule has 0 atom stereocenters. The summed E-state index contributed by atoms with van der Waals surface area (Å²) in [5.41, 5.74) is -0.538. The second-order valence-electron chi connectivity index (χ2n) is 5.14. The van der Waals surface area contributed by atoms with E-state index in [1.807, 2.05) is 4.90 Å². The maximum Gasteiger partial charge on any atom is 0.240 e. The van der Waals surface area contributed by atoms with Crippen molar-refractivity contribution in [3.05, 3.63) is 18.5 Å². The smallest absolute Gasteiger partial charge is 0.240 e. The zero-order valence-corrected chi connectivity index (χ0v) is 10.0. The van der Waals surface area contributed by atoms with Gasteiger partial charge in [-0.05, 0) is 24.8 Å². The minimum Gasteiger partial charge on any atom is -0.387 e. The van der Waals surface area contributed by atoms with Crippen LogP contribution in [-0.2, 0) is 4.79 Å². The number of likely N-dealkylation sites (tertiary alicyclic amines) is 1. The fourth-order valence-electron chi connectivity index (χ4n) is 2.45. The molecule has 0 spiro atoms. The monoisotopic (exact) mass is 248 g/mol. The van der Waals surface area contributed by atoms with Gasteiger partial charge in [-0.25, -0.2) is 9.97 Å². The van der Waals surface area contributed by atoms with Crippen molar-refractivity contribution >= 4 is 11.9 Å². The van der Waals surface area contributed by atoms with Gasteiger partial charge in [0.25, 0.3) is 0 Å². The van der Waals surface area contributed by atoms with Crippen LogP contribution in [0.5, 0.6) is 0 Å². The molecular weight excluding hydrogens is 232 g/mol. The Morgan fingerprint density at radius 1 is 1.44 bits per heavy atom. The fourth-order valence-corrected chi connectivity index (χ4v) is 2.45. The van der Waals surface area contributed by atoms with Gasteiger partial charge in [0.1, 0.15) is 0 Å². The molecule has 0 aromatic carbocycles. The molecule has 18 heavy (non-hydrogen) atoms. The highest BCUT2D eigenvalue weighted by molar-refractivity contribution is 5.90. The number of amides is 1. The highest BCUT2D eigenvalue weighted by atomic mass is 16.3. The van der Waals surface area contributed by atoms with E-state index < -0.39 is 5.60 Å². The molecule has 1 aromatic heterocycles. The molecule has 96 valence electrons. The minimum absolute atomic E-state index is 0.140. The molecule has 6 heteroatoms. The number of rotatable bonds is 4. The van der Waals surface area contributed by atoms with Crippen LogP contribution in [0, 0.1) is 5.92 Å². The largest absolute Gasteiger partial charge is 0.387 e. The number of nitrogens with zero attached hydrogens (tertiary/aromatic N) is 3. The Labute approximate surface area is 105 Å². The Morgan fingerprint density at radius 2 is 2.11 bits per heavy atom. The van der Waals surface area contributed by atoms with E-state index in [-0.39, 0.29) is 12.5 Å². The lowest BCUT2D eigenvalue weighted by Gasteiger charge is -2.46. The van der Waals surface area contributed by atoms with Crippen molar-refractivity contribution in [2.45, 2.75) is 18.4 Å². The average Bonchev–Trinajstić information content (AvgIpc) is 3.12. The number of β-amino-alcohol motifs (C(OH)–C–C–N with tert-alkyl or cyclic N) is 1. The second kappa shape index (κ2) is 4.29. The van der Waals surface area contributed by atoms with Gasteiger partial charge in [-0.3, -0.25) is 15.0 Å². The van der Waals surface area contributed by atoms with E-state index in [1.54, 1.807) is 18.5 Å². The quantitative estimate of drug-likeness (QED) is 0.776. The number of aromatic nitrogens is 2. The van der Waals surface area contributed by atoms with Crippen molar-refractivity contribution in [1.82, 2.24) is 14.9 Å². The zero-order valence-electron chi connectivity index (χ0n) is 10.0. The first-order valence-electron chi connectivity index (χ1n) is 6.17. The summed E-state index contributed by atoms with van der Waals surface area (Å²) in [6, 6.07) is 1.70. The normalized spacial score (nSPS) is 22.3. The molecule has 2 fully saturated rings. The van der Waals surface area contributed by atoms with E-state index in [0.29, 0.717) is 25.0 Å². The van der Waals surface area contributed by atoms with Crippen LogP contribution in [0.25, 0.3) is 0 Å². The summed E-state index contributed by atoms with van der Waals surface area (Å²) in [6.45, 7) is 1.48. The molecule has 1 saturated heterocycles. The number of nitrogens with one attached hydrogen (secondary N) is 1. The van der Waals surface area contributed by atoms with Crippen molar-refractivity contribution in [2.24, 2.45) is 5.92 Å². The topological polar surface area (TPSA) is 78.4 Å². The van der Waals surface area contributed by atoms with E-state index in [1.165, 1.54) is 0 Å². The number of hydrogen-bond acceptors (Lipinski definition) is 5. The molecule has 0 radical (unpaired) electrons. The average molecular weight is 248 g/mol. The number of carbonyl (C=O) groups is 1. The first kappa shape index (κ1) is 11.6. The van der Waals surface area contributed by atoms with E-state index in [2.05, 4.69) is 15.3 Å². The fraction of sp³-hybridized carbons (Fsp3) is 0.583. The molecule has 3 rings (SSSR count). The van der Waals surface area contributed by atoms with Gasteiger partial charge in [-0.2, -0.15) is 0 Å². The van der Waals surface area contributed by atoms with E-state index in [4.69, 9.17) is 0 Å². The highest BCUT2D eigenvalue weighted by Crippen LogP contribution is 2.44. The molecule has 6 nitrogen and oxygen atoms in total. The molecule has 0 unspecified atom stereocenters. The van der Waals surface area contributed by atoms with Crippen molar-refractivity contribution in [1.29, 1.82) is 0 Å². The maximum atomic E-state index is 11.7. The van der Waals surface area contributed by atoms with Gasteiger partial charge in [-0.1, -0.05) is 0 Å². The summed E-state index contributed by atoms with van der Waals surface area (Å²) in [5.74, 6) is 0.633. The Balaban J connectivity index is 1.45. The maximum absolute atomic E-state index is 11.7. The summed E-state index contributed by atoms with van der Waals surface area (Å²) < 4.78 is 0. The predicted octanol–water partition coefficient (Wildman–Crippen LogP) is -0.128. The number of carbonyl (C=O) groups excluding carboxylic acids is 1. The SMILES string of the molecule is O=C(CN1CC(O)(C2CC2)C1)Nc1ncccn1. The van der Waals surface area contributed by atoms with E-state index >= 15 is 0 Å². The lowest BCUT2D eigenvalue weighted by molar-refractivity contribution is -0.132. The number of anilines is 1. The van der Waals surface area contributed by atoms with Crippen LogP contribution in [0.4, 0.5) is 5.95 Å². The Morgan fingerprint density at radius 3 is 2.72 bits per heavy atom. The van der Waals surface area contributed by atoms with Crippen LogP contribution in [0.2, 0.25) is 0 Å².